The monoisotopic (exact) mass is 307 g/mol. The van der Waals surface area contributed by atoms with Crippen LogP contribution in [-0.2, 0) is 14.3 Å². The molecule has 1 atom stereocenters. The highest BCUT2D eigenvalue weighted by molar-refractivity contribution is 8.00. The van der Waals surface area contributed by atoms with Crippen molar-refractivity contribution in [3.63, 3.8) is 0 Å². The second-order valence-electron chi connectivity index (χ2n) is 5.04. The van der Waals surface area contributed by atoms with Gasteiger partial charge in [0.05, 0.1) is 17.5 Å². The standard InChI is InChI=1S/C14H17N3O3S/c18-12(16-7-10-3-2-6-20-10)8-17-11-4-1-5-15-14(11)21-9-13(17)19/h1,4-5,10H,2-3,6-9H2,(H,16,18). The zero-order valence-corrected chi connectivity index (χ0v) is 12.4. The van der Waals surface area contributed by atoms with Gasteiger partial charge in [0.2, 0.25) is 11.8 Å². The summed E-state index contributed by atoms with van der Waals surface area (Å²) in [6, 6.07) is 3.59. The number of nitrogens with zero attached hydrogens (tertiary/aromatic N) is 2. The molecule has 2 amide bonds. The highest BCUT2D eigenvalue weighted by Gasteiger charge is 2.27. The summed E-state index contributed by atoms with van der Waals surface area (Å²) < 4.78 is 5.46. The molecule has 0 spiro atoms. The van der Waals surface area contributed by atoms with Gasteiger partial charge in [-0.15, -0.1) is 0 Å². The first-order valence-corrected chi connectivity index (χ1v) is 7.99. The van der Waals surface area contributed by atoms with Crippen LogP contribution in [0.15, 0.2) is 23.4 Å². The molecular formula is C14H17N3O3S. The van der Waals surface area contributed by atoms with Crippen LogP contribution in [0.4, 0.5) is 5.69 Å². The number of aromatic nitrogens is 1. The third-order valence-electron chi connectivity index (χ3n) is 3.53. The van der Waals surface area contributed by atoms with Crippen molar-refractivity contribution in [2.24, 2.45) is 0 Å². The second-order valence-corrected chi connectivity index (χ2v) is 6.00. The number of carbonyl (C=O) groups excluding carboxylic acids is 2. The number of hydrogen-bond donors (Lipinski definition) is 1. The fourth-order valence-electron chi connectivity index (χ4n) is 2.45. The van der Waals surface area contributed by atoms with E-state index in [0.717, 1.165) is 24.5 Å². The summed E-state index contributed by atoms with van der Waals surface area (Å²) in [6.07, 6.45) is 3.82. The first kappa shape index (κ1) is 14.3. The first-order chi connectivity index (χ1) is 10.2. The number of rotatable bonds is 4. The minimum atomic E-state index is -0.166. The molecule has 1 unspecified atom stereocenters. The van der Waals surface area contributed by atoms with E-state index in [2.05, 4.69) is 10.3 Å². The van der Waals surface area contributed by atoms with Crippen LogP contribution in [0.3, 0.4) is 0 Å². The maximum Gasteiger partial charge on any atom is 0.240 e. The van der Waals surface area contributed by atoms with Crippen LogP contribution in [0.1, 0.15) is 12.8 Å². The summed E-state index contributed by atoms with van der Waals surface area (Å²) in [5, 5.41) is 3.63. The van der Waals surface area contributed by atoms with Crippen molar-refractivity contribution >= 4 is 29.3 Å². The maximum atomic E-state index is 12.0. The van der Waals surface area contributed by atoms with Crippen LogP contribution >= 0.6 is 11.8 Å². The van der Waals surface area contributed by atoms with Crippen molar-refractivity contribution in [1.29, 1.82) is 0 Å². The fourth-order valence-corrected chi connectivity index (χ4v) is 3.32. The smallest absolute Gasteiger partial charge is 0.240 e. The van der Waals surface area contributed by atoms with Gasteiger partial charge in [-0.3, -0.25) is 14.5 Å². The van der Waals surface area contributed by atoms with Crippen molar-refractivity contribution in [3.8, 4) is 0 Å². The van der Waals surface area contributed by atoms with E-state index in [1.807, 2.05) is 6.07 Å². The van der Waals surface area contributed by atoms with E-state index in [4.69, 9.17) is 4.74 Å². The van der Waals surface area contributed by atoms with E-state index in [1.165, 1.54) is 16.7 Å². The second kappa shape index (κ2) is 6.44. The van der Waals surface area contributed by atoms with Gasteiger partial charge in [-0.1, -0.05) is 11.8 Å². The molecule has 1 aromatic heterocycles. The van der Waals surface area contributed by atoms with Gasteiger partial charge in [-0.25, -0.2) is 4.98 Å². The number of fused-ring (bicyclic) bond motifs is 1. The number of anilines is 1. The molecule has 0 saturated carbocycles. The lowest BCUT2D eigenvalue weighted by Crippen LogP contribution is -2.44. The van der Waals surface area contributed by atoms with E-state index in [1.54, 1.807) is 12.3 Å². The molecule has 6 nitrogen and oxygen atoms in total. The molecule has 0 bridgehead atoms. The summed E-state index contributed by atoms with van der Waals surface area (Å²) in [5.74, 6) is 0.0940. The Labute approximate surface area is 127 Å². The van der Waals surface area contributed by atoms with Gasteiger partial charge >= 0.3 is 0 Å². The van der Waals surface area contributed by atoms with Crippen LogP contribution < -0.4 is 10.2 Å². The van der Waals surface area contributed by atoms with Gasteiger partial charge in [-0.05, 0) is 25.0 Å². The van der Waals surface area contributed by atoms with Gasteiger partial charge in [0.1, 0.15) is 11.6 Å². The molecule has 0 aromatic carbocycles. The number of carbonyl (C=O) groups is 2. The van der Waals surface area contributed by atoms with Crippen LogP contribution in [0.2, 0.25) is 0 Å². The lowest BCUT2D eigenvalue weighted by atomic mass is 10.2. The number of ether oxygens (including phenoxy) is 1. The van der Waals surface area contributed by atoms with Gasteiger partial charge in [0, 0.05) is 19.3 Å². The molecule has 0 aliphatic carbocycles. The van der Waals surface area contributed by atoms with Crippen molar-refractivity contribution in [3.05, 3.63) is 18.3 Å². The quantitative estimate of drug-likeness (QED) is 0.891. The lowest BCUT2D eigenvalue weighted by molar-refractivity contribution is -0.123. The molecule has 7 heteroatoms. The van der Waals surface area contributed by atoms with E-state index < -0.39 is 0 Å². The lowest BCUT2D eigenvalue weighted by Gasteiger charge is -2.27. The molecule has 2 aliphatic rings. The minimum Gasteiger partial charge on any atom is -0.376 e. The molecule has 112 valence electrons. The van der Waals surface area contributed by atoms with E-state index >= 15 is 0 Å². The summed E-state index contributed by atoms with van der Waals surface area (Å²) >= 11 is 1.41. The van der Waals surface area contributed by atoms with Gasteiger partial charge in [0.25, 0.3) is 0 Å². The summed E-state index contributed by atoms with van der Waals surface area (Å²) in [4.78, 5) is 29.8. The zero-order chi connectivity index (χ0) is 14.7. The average Bonchev–Trinajstić information content (AvgIpc) is 3.01. The molecule has 3 rings (SSSR count). The molecular weight excluding hydrogens is 290 g/mol. The van der Waals surface area contributed by atoms with Gasteiger partial charge < -0.3 is 10.1 Å². The van der Waals surface area contributed by atoms with E-state index in [0.29, 0.717) is 18.0 Å². The topological polar surface area (TPSA) is 71.5 Å². The molecule has 1 N–H and O–H groups in total. The molecule has 0 radical (unpaired) electrons. The largest absolute Gasteiger partial charge is 0.376 e. The van der Waals surface area contributed by atoms with Crippen molar-refractivity contribution in [2.45, 2.75) is 24.0 Å². The SMILES string of the molecule is O=C(CN1C(=O)CSc2ncccc21)NCC1CCCO1. The first-order valence-electron chi connectivity index (χ1n) is 7.00. The summed E-state index contributed by atoms with van der Waals surface area (Å²) in [6.45, 7) is 1.31. The number of amides is 2. The Bertz CT molecular complexity index is 546. The number of pyridine rings is 1. The Morgan fingerprint density at radius 1 is 1.57 bits per heavy atom. The van der Waals surface area contributed by atoms with Crippen LogP contribution in [0.5, 0.6) is 0 Å². The molecule has 1 saturated heterocycles. The van der Waals surface area contributed by atoms with Crippen LogP contribution in [-0.4, -0.2) is 48.4 Å². The number of hydrogen-bond acceptors (Lipinski definition) is 5. The van der Waals surface area contributed by atoms with Gasteiger partial charge in [0.15, 0.2) is 0 Å². The Kier molecular flexibility index (Phi) is 4.40. The Balaban J connectivity index is 1.60. The minimum absolute atomic E-state index is 0.0325. The molecule has 2 aliphatic heterocycles. The molecule has 1 aromatic rings. The van der Waals surface area contributed by atoms with Crippen molar-refractivity contribution in [2.75, 3.05) is 30.3 Å². The van der Waals surface area contributed by atoms with Crippen molar-refractivity contribution in [1.82, 2.24) is 10.3 Å². The third-order valence-corrected chi connectivity index (χ3v) is 4.51. The Morgan fingerprint density at radius 3 is 3.29 bits per heavy atom. The van der Waals surface area contributed by atoms with E-state index in [-0.39, 0.29) is 24.5 Å². The zero-order valence-electron chi connectivity index (χ0n) is 11.6. The van der Waals surface area contributed by atoms with Gasteiger partial charge in [-0.2, -0.15) is 0 Å². The normalized spacial score (nSPS) is 21.2. The highest BCUT2D eigenvalue weighted by Crippen LogP contribution is 2.32. The molecule has 3 heterocycles. The summed E-state index contributed by atoms with van der Waals surface area (Å²) in [7, 11) is 0. The number of nitrogens with one attached hydrogen (secondary N) is 1. The highest BCUT2D eigenvalue weighted by atomic mass is 32.2. The van der Waals surface area contributed by atoms with Crippen molar-refractivity contribution < 1.29 is 14.3 Å². The average molecular weight is 307 g/mol. The van der Waals surface area contributed by atoms with Crippen LogP contribution in [0, 0.1) is 0 Å². The summed E-state index contributed by atoms with van der Waals surface area (Å²) in [5.41, 5.74) is 0.714. The van der Waals surface area contributed by atoms with E-state index in [9.17, 15) is 9.59 Å². The molecule has 1 fully saturated rings. The maximum absolute atomic E-state index is 12.0. The third kappa shape index (κ3) is 3.36. The predicted octanol–water partition coefficient (Wildman–Crippen LogP) is 0.815. The molecule has 21 heavy (non-hydrogen) atoms. The van der Waals surface area contributed by atoms with Crippen LogP contribution in [0.25, 0.3) is 0 Å². The fraction of sp³-hybridized carbons (Fsp3) is 0.500. The Morgan fingerprint density at radius 2 is 2.48 bits per heavy atom. The number of thioether (sulfide) groups is 1. The Hall–Kier alpha value is -1.60. The predicted molar refractivity (Wildman–Crippen MR) is 79.3 cm³/mol.